The van der Waals surface area contributed by atoms with Crippen LogP contribution in [0.1, 0.15) is 10.5 Å². The van der Waals surface area contributed by atoms with E-state index in [0.29, 0.717) is 17.4 Å². The Labute approximate surface area is 171 Å². The number of ether oxygens (including phenoxy) is 3. The smallest absolute Gasteiger partial charge is 0.363 e. The number of thiazole rings is 1. The number of carbonyl (C=O) groups is 1. The summed E-state index contributed by atoms with van der Waals surface area (Å²) in [6.45, 7) is 0. The standard InChI is InChI=1S/C22H16N2O4S/c1-26-16-7-5-15(6-8-16)21-24-19(14-29-21)22(25)28-18-11-9-17(10-12-18)27-20-4-2-3-13-23-20/h2-14H,1H3. The third-order valence-electron chi connectivity index (χ3n) is 3.94. The molecule has 0 aliphatic rings. The van der Waals surface area contributed by atoms with E-state index < -0.39 is 5.97 Å². The molecule has 0 bridgehead atoms. The van der Waals surface area contributed by atoms with Crippen molar-refractivity contribution in [2.75, 3.05) is 7.11 Å². The molecule has 0 spiro atoms. The van der Waals surface area contributed by atoms with Crippen LogP contribution in [0.15, 0.2) is 78.3 Å². The van der Waals surface area contributed by atoms with E-state index in [9.17, 15) is 4.79 Å². The summed E-state index contributed by atoms with van der Waals surface area (Å²) in [6, 6.07) is 19.6. The van der Waals surface area contributed by atoms with E-state index >= 15 is 0 Å². The second-order valence-corrected chi connectivity index (χ2v) is 6.76. The monoisotopic (exact) mass is 404 g/mol. The van der Waals surface area contributed by atoms with Crippen LogP contribution in [0.5, 0.6) is 23.1 Å². The first-order chi connectivity index (χ1) is 14.2. The van der Waals surface area contributed by atoms with Crippen molar-refractivity contribution in [1.82, 2.24) is 9.97 Å². The van der Waals surface area contributed by atoms with Crippen LogP contribution in [0.2, 0.25) is 0 Å². The molecule has 0 unspecified atom stereocenters. The Hall–Kier alpha value is -3.71. The van der Waals surface area contributed by atoms with Gasteiger partial charge in [0.15, 0.2) is 5.69 Å². The Morgan fingerprint density at radius 1 is 0.897 bits per heavy atom. The maximum Gasteiger partial charge on any atom is 0.363 e. The van der Waals surface area contributed by atoms with Crippen LogP contribution in [0.4, 0.5) is 0 Å². The molecule has 4 rings (SSSR count). The Morgan fingerprint density at radius 2 is 1.62 bits per heavy atom. The normalized spacial score (nSPS) is 10.4. The van der Waals surface area contributed by atoms with Gasteiger partial charge in [-0.3, -0.25) is 0 Å². The molecule has 0 saturated carbocycles. The van der Waals surface area contributed by atoms with E-state index in [1.807, 2.05) is 36.4 Å². The second-order valence-electron chi connectivity index (χ2n) is 5.90. The fourth-order valence-corrected chi connectivity index (χ4v) is 3.29. The van der Waals surface area contributed by atoms with Crippen LogP contribution in [0, 0.1) is 0 Å². The van der Waals surface area contributed by atoms with Gasteiger partial charge >= 0.3 is 5.97 Å². The zero-order valence-electron chi connectivity index (χ0n) is 15.4. The van der Waals surface area contributed by atoms with Crippen molar-refractivity contribution in [2.24, 2.45) is 0 Å². The lowest BCUT2D eigenvalue weighted by Gasteiger charge is -2.06. The van der Waals surface area contributed by atoms with Gasteiger partial charge in [-0.1, -0.05) is 6.07 Å². The lowest BCUT2D eigenvalue weighted by atomic mass is 10.2. The van der Waals surface area contributed by atoms with Crippen molar-refractivity contribution in [1.29, 1.82) is 0 Å². The van der Waals surface area contributed by atoms with Gasteiger partial charge < -0.3 is 14.2 Å². The molecule has 0 aliphatic heterocycles. The molecule has 7 heteroatoms. The number of benzene rings is 2. The van der Waals surface area contributed by atoms with Crippen molar-refractivity contribution in [2.45, 2.75) is 0 Å². The van der Waals surface area contributed by atoms with E-state index in [4.69, 9.17) is 14.2 Å². The van der Waals surface area contributed by atoms with Crippen LogP contribution in [0.25, 0.3) is 10.6 Å². The summed E-state index contributed by atoms with van der Waals surface area (Å²) in [7, 11) is 1.61. The van der Waals surface area contributed by atoms with E-state index in [0.717, 1.165) is 16.3 Å². The van der Waals surface area contributed by atoms with Crippen LogP contribution in [-0.4, -0.2) is 23.0 Å². The molecule has 0 fully saturated rings. The molecule has 6 nitrogen and oxygen atoms in total. The van der Waals surface area contributed by atoms with Gasteiger partial charge in [0.1, 0.15) is 22.3 Å². The minimum absolute atomic E-state index is 0.259. The van der Waals surface area contributed by atoms with Crippen LogP contribution >= 0.6 is 11.3 Å². The number of methoxy groups -OCH3 is 1. The molecule has 2 aromatic carbocycles. The number of rotatable bonds is 6. The van der Waals surface area contributed by atoms with Gasteiger partial charge in [-0.15, -0.1) is 11.3 Å². The summed E-state index contributed by atoms with van der Waals surface area (Å²) in [5.74, 6) is 1.74. The van der Waals surface area contributed by atoms with Crippen molar-refractivity contribution in [3.05, 3.63) is 84.0 Å². The molecule has 0 saturated heterocycles. The zero-order valence-corrected chi connectivity index (χ0v) is 16.3. The Kier molecular flexibility index (Phi) is 5.49. The van der Waals surface area contributed by atoms with Crippen molar-refractivity contribution < 1.29 is 19.0 Å². The highest BCUT2D eigenvalue weighted by Crippen LogP contribution is 2.27. The summed E-state index contributed by atoms with van der Waals surface area (Å²) in [4.78, 5) is 20.9. The van der Waals surface area contributed by atoms with E-state index in [-0.39, 0.29) is 5.69 Å². The highest BCUT2D eigenvalue weighted by molar-refractivity contribution is 7.13. The highest BCUT2D eigenvalue weighted by atomic mass is 32.1. The largest absolute Gasteiger partial charge is 0.497 e. The third-order valence-corrected chi connectivity index (χ3v) is 4.84. The van der Waals surface area contributed by atoms with Gasteiger partial charge in [0.25, 0.3) is 0 Å². The minimum Gasteiger partial charge on any atom is -0.497 e. The maximum atomic E-state index is 12.4. The van der Waals surface area contributed by atoms with Gasteiger partial charge in [-0.2, -0.15) is 0 Å². The lowest BCUT2D eigenvalue weighted by molar-refractivity contribution is 0.0729. The summed E-state index contributed by atoms with van der Waals surface area (Å²) in [5.41, 5.74) is 1.17. The molecule has 0 aliphatic carbocycles. The predicted molar refractivity (Wildman–Crippen MR) is 110 cm³/mol. The number of nitrogens with zero attached hydrogens (tertiary/aromatic N) is 2. The van der Waals surface area contributed by atoms with Gasteiger partial charge in [0, 0.05) is 23.2 Å². The van der Waals surface area contributed by atoms with Crippen molar-refractivity contribution >= 4 is 17.3 Å². The molecule has 2 aromatic heterocycles. The Balaban J connectivity index is 1.41. The highest BCUT2D eigenvalue weighted by Gasteiger charge is 2.14. The Morgan fingerprint density at radius 3 is 2.31 bits per heavy atom. The average molecular weight is 404 g/mol. The fraction of sp³-hybridized carbons (Fsp3) is 0.0455. The second kappa shape index (κ2) is 8.53. The fourth-order valence-electron chi connectivity index (χ4n) is 2.50. The first kappa shape index (κ1) is 18.6. The number of esters is 1. The molecule has 0 amide bonds. The molecule has 0 atom stereocenters. The van der Waals surface area contributed by atoms with Crippen LogP contribution < -0.4 is 14.2 Å². The van der Waals surface area contributed by atoms with E-state index in [1.165, 1.54) is 11.3 Å². The summed E-state index contributed by atoms with van der Waals surface area (Å²) in [6.07, 6.45) is 1.65. The molecular formula is C22H16N2O4S. The van der Waals surface area contributed by atoms with Gasteiger partial charge in [-0.25, -0.2) is 14.8 Å². The molecule has 4 aromatic rings. The predicted octanol–water partition coefficient (Wildman–Crippen LogP) is 5.23. The quantitative estimate of drug-likeness (QED) is 0.324. The zero-order chi connectivity index (χ0) is 20.1. The first-order valence-corrected chi connectivity index (χ1v) is 9.60. The summed E-state index contributed by atoms with van der Waals surface area (Å²) in [5, 5.41) is 2.42. The van der Waals surface area contributed by atoms with Crippen molar-refractivity contribution in [3.63, 3.8) is 0 Å². The topological polar surface area (TPSA) is 70.5 Å². The molecule has 2 heterocycles. The molecule has 144 valence electrons. The number of hydrogen-bond acceptors (Lipinski definition) is 7. The molecule has 0 N–H and O–H groups in total. The summed E-state index contributed by atoms with van der Waals surface area (Å²) < 4.78 is 16.2. The van der Waals surface area contributed by atoms with E-state index in [2.05, 4.69) is 9.97 Å². The first-order valence-electron chi connectivity index (χ1n) is 8.72. The average Bonchev–Trinajstić information content (AvgIpc) is 3.26. The molecule has 0 radical (unpaired) electrons. The van der Waals surface area contributed by atoms with Crippen molar-refractivity contribution in [3.8, 4) is 33.7 Å². The third kappa shape index (κ3) is 4.59. The SMILES string of the molecule is COc1ccc(-c2nc(C(=O)Oc3ccc(Oc4ccccn4)cc3)cs2)cc1. The maximum absolute atomic E-state index is 12.4. The van der Waals surface area contributed by atoms with Gasteiger partial charge in [0.05, 0.1) is 7.11 Å². The Bertz CT molecular complexity index is 1090. The minimum atomic E-state index is -0.514. The number of aromatic nitrogens is 2. The van der Waals surface area contributed by atoms with Gasteiger partial charge in [0.2, 0.25) is 5.88 Å². The molecule has 29 heavy (non-hydrogen) atoms. The van der Waals surface area contributed by atoms with Crippen LogP contribution in [0.3, 0.4) is 0 Å². The lowest BCUT2D eigenvalue weighted by Crippen LogP contribution is -2.08. The number of pyridine rings is 1. The number of carbonyl (C=O) groups excluding carboxylic acids is 1. The molecular weight excluding hydrogens is 388 g/mol. The number of hydrogen-bond donors (Lipinski definition) is 0. The van der Waals surface area contributed by atoms with Crippen LogP contribution in [-0.2, 0) is 0 Å². The van der Waals surface area contributed by atoms with Gasteiger partial charge in [-0.05, 0) is 54.6 Å². The van der Waals surface area contributed by atoms with E-state index in [1.54, 1.807) is 49.0 Å². The summed E-state index contributed by atoms with van der Waals surface area (Å²) >= 11 is 1.38.